The maximum atomic E-state index is 5.76. The second-order valence-electron chi connectivity index (χ2n) is 6.28. The predicted molar refractivity (Wildman–Crippen MR) is 82.2 cm³/mol. The zero-order chi connectivity index (χ0) is 14.8. The first-order valence-corrected chi connectivity index (χ1v) is 6.74. The fraction of sp³-hybridized carbons (Fsp3) is 0.467. The van der Waals surface area contributed by atoms with Gasteiger partial charge < -0.3 is 15.2 Å². The quantitative estimate of drug-likeness (QED) is 0.906. The maximum Gasteiger partial charge on any atom is 0.123 e. The highest BCUT2D eigenvalue weighted by atomic mass is 15.1. The molecule has 2 rings (SSSR count). The molecule has 0 aliphatic heterocycles. The standard InChI is InChI=1S/C15H23N5/c1-15(2,9-19(3)4)10-20-11-17-8-13(20)12-5-6-18-14(16)7-12/h5-8,11H,9-10H2,1-4H3,(H2,16,18). The molecule has 0 aliphatic carbocycles. The van der Waals surface area contributed by atoms with Gasteiger partial charge in [0, 0.05) is 24.8 Å². The molecule has 0 amide bonds. The fourth-order valence-corrected chi connectivity index (χ4v) is 2.66. The van der Waals surface area contributed by atoms with Crippen LogP contribution in [0.3, 0.4) is 0 Å². The van der Waals surface area contributed by atoms with Gasteiger partial charge in [-0.25, -0.2) is 9.97 Å². The van der Waals surface area contributed by atoms with Gasteiger partial charge in [0.05, 0.1) is 18.2 Å². The molecule has 20 heavy (non-hydrogen) atoms. The number of anilines is 1. The van der Waals surface area contributed by atoms with Crippen molar-refractivity contribution in [3.8, 4) is 11.3 Å². The fourth-order valence-electron chi connectivity index (χ4n) is 2.66. The summed E-state index contributed by atoms with van der Waals surface area (Å²) in [5.74, 6) is 0.530. The first kappa shape index (κ1) is 14.5. The van der Waals surface area contributed by atoms with Crippen molar-refractivity contribution in [3.63, 3.8) is 0 Å². The van der Waals surface area contributed by atoms with Crippen LogP contribution >= 0.6 is 0 Å². The summed E-state index contributed by atoms with van der Waals surface area (Å²) < 4.78 is 2.18. The molecule has 2 N–H and O–H groups in total. The van der Waals surface area contributed by atoms with Crippen molar-refractivity contribution in [2.45, 2.75) is 20.4 Å². The van der Waals surface area contributed by atoms with Crippen molar-refractivity contribution in [2.24, 2.45) is 5.41 Å². The number of pyridine rings is 1. The molecule has 0 saturated heterocycles. The van der Waals surface area contributed by atoms with E-state index in [0.29, 0.717) is 5.82 Å². The molecular formula is C15H23N5. The summed E-state index contributed by atoms with van der Waals surface area (Å²) in [5.41, 5.74) is 8.05. The number of rotatable bonds is 5. The van der Waals surface area contributed by atoms with Gasteiger partial charge in [-0.1, -0.05) is 13.8 Å². The Labute approximate surface area is 120 Å². The number of hydrogen-bond donors (Lipinski definition) is 1. The lowest BCUT2D eigenvalue weighted by Crippen LogP contribution is -2.32. The van der Waals surface area contributed by atoms with Gasteiger partial charge in [0.25, 0.3) is 0 Å². The van der Waals surface area contributed by atoms with Crippen molar-refractivity contribution in [1.82, 2.24) is 19.4 Å². The molecule has 5 nitrogen and oxygen atoms in total. The van der Waals surface area contributed by atoms with Gasteiger partial charge in [-0.2, -0.15) is 0 Å². The molecule has 0 fully saturated rings. The Morgan fingerprint density at radius 1 is 1.35 bits per heavy atom. The second-order valence-corrected chi connectivity index (χ2v) is 6.28. The average molecular weight is 273 g/mol. The van der Waals surface area contributed by atoms with E-state index in [1.807, 2.05) is 24.7 Å². The zero-order valence-corrected chi connectivity index (χ0v) is 12.7. The summed E-state index contributed by atoms with van der Waals surface area (Å²) in [6.07, 6.45) is 5.48. The molecule has 0 aliphatic rings. The number of nitrogens with zero attached hydrogens (tertiary/aromatic N) is 4. The largest absolute Gasteiger partial charge is 0.384 e. The molecule has 0 radical (unpaired) electrons. The number of nitrogen functional groups attached to an aromatic ring is 1. The van der Waals surface area contributed by atoms with Crippen molar-refractivity contribution in [1.29, 1.82) is 0 Å². The molecule has 0 atom stereocenters. The van der Waals surface area contributed by atoms with E-state index < -0.39 is 0 Å². The molecule has 0 bridgehead atoms. The topological polar surface area (TPSA) is 60.0 Å². The van der Waals surface area contributed by atoms with Crippen LogP contribution in [0.4, 0.5) is 5.82 Å². The summed E-state index contributed by atoms with van der Waals surface area (Å²) in [4.78, 5) is 10.5. The van der Waals surface area contributed by atoms with E-state index in [9.17, 15) is 0 Å². The maximum absolute atomic E-state index is 5.76. The van der Waals surface area contributed by atoms with E-state index in [0.717, 1.165) is 24.3 Å². The average Bonchev–Trinajstić information content (AvgIpc) is 2.74. The van der Waals surface area contributed by atoms with Gasteiger partial charge in [0.1, 0.15) is 5.82 Å². The Morgan fingerprint density at radius 2 is 2.10 bits per heavy atom. The van der Waals surface area contributed by atoms with E-state index in [2.05, 4.69) is 47.4 Å². The van der Waals surface area contributed by atoms with Gasteiger partial charge in [0.15, 0.2) is 0 Å². The molecule has 0 spiro atoms. The Hall–Kier alpha value is -1.88. The van der Waals surface area contributed by atoms with Gasteiger partial charge in [-0.05, 0) is 31.6 Å². The molecule has 0 unspecified atom stereocenters. The van der Waals surface area contributed by atoms with Crippen molar-refractivity contribution >= 4 is 5.82 Å². The minimum absolute atomic E-state index is 0.164. The molecule has 5 heteroatoms. The molecular weight excluding hydrogens is 250 g/mol. The minimum Gasteiger partial charge on any atom is -0.384 e. The summed E-state index contributed by atoms with van der Waals surface area (Å²) in [7, 11) is 4.19. The van der Waals surface area contributed by atoms with Crippen LogP contribution < -0.4 is 5.73 Å². The van der Waals surface area contributed by atoms with Crippen LogP contribution in [0.2, 0.25) is 0 Å². The van der Waals surface area contributed by atoms with E-state index in [4.69, 9.17) is 5.73 Å². The van der Waals surface area contributed by atoms with Crippen LogP contribution in [-0.4, -0.2) is 40.1 Å². The lowest BCUT2D eigenvalue weighted by molar-refractivity contribution is 0.212. The van der Waals surface area contributed by atoms with Gasteiger partial charge in [-0.15, -0.1) is 0 Å². The van der Waals surface area contributed by atoms with E-state index in [-0.39, 0.29) is 5.41 Å². The van der Waals surface area contributed by atoms with Crippen LogP contribution in [0, 0.1) is 5.41 Å². The van der Waals surface area contributed by atoms with Crippen molar-refractivity contribution < 1.29 is 0 Å². The van der Waals surface area contributed by atoms with Gasteiger partial charge in [-0.3, -0.25) is 0 Å². The van der Waals surface area contributed by atoms with Gasteiger partial charge >= 0.3 is 0 Å². The normalized spacial score (nSPS) is 12.1. The Morgan fingerprint density at radius 3 is 2.75 bits per heavy atom. The third-order valence-corrected chi connectivity index (χ3v) is 3.13. The lowest BCUT2D eigenvalue weighted by Gasteiger charge is -2.29. The highest BCUT2D eigenvalue weighted by molar-refractivity contribution is 5.61. The van der Waals surface area contributed by atoms with Crippen LogP contribution in [0.1, 0.15) is 13.8 Å². The van der Waals surface area contributed by atoms with Crippen LogP contribution in [0.5, 0.6) is 0 Å². The number of nitrogens with two attached hydrogens (primary N) is 1. The first-order valence-electron chi connectivity index (χ1n) is 6.74. The Bertz CT molecular complexity index is 571. The van der Waals surface area contributed by atoms with Crippen LogP contribution in [0.25, 0.3) is 11.3 Å². The summed E-state index contributed by atoms with van der Waals surface area (Å²) >= 11 is 0. The monoisotopic (exact) mass is 273 g/mol. The third kappa shape index (κ3) is 3.57. The number of hydrogen-bond acceptors (Lipinski definition) is 4. The molecule has 2 heterocycles. The summed E-state index contributed by atoms with van der Waals surface area (Å²) in [5, 5.41) is 0. The molecule has 0 aromatic carbocycles. The smallest absolute Gasteiger partial charge is 0.123 e. The first-order chi connectivity index (χ1) is 9.37. The number of imidazole rings is 1. The highest BCUT2D eigenvalue weighted by Gasteiger charge is 2.21. The second kappa shape index (κ2) is 5.63. The van der Waals surface area contributed by atoms with E-state index in [1.165, 1.54) is 0 Å². The molecule has 2 aromatic rings. The molecule has 108 valence electrons. The van der Waals surface area contributed by atoms with E-state index in [1.54, 1.807) is 6.20 Å². The van der Waals surface area contributed by atoms with Gasteiger partial charge in [0.2, 0.25) is 0 Å². The van der Waals surface area contributed by atoms with Crippen LogP contribution in [-0.2, 0) is 6.54 Å². The lowest BCUT2D eigenvalue weighted by atomic mass is 9.92. The SMILES string of the molecule is CN(C)CC(C)(C)Cn1cncc1-c1ccnc(N)c1. The highest BCUT2D eigenvalue weighted by Crippen LogP contribution is 2.25. The summed E-state index contributed by atoms with van der Waals surface area (Å²) in [6, 6.07) is 3.84. The third-order valence-electron chi connectivity index (χ3n) is 3.13. The zero-order valence-electron chi connectivity index (χ0n) is 12.7. The van der Waals surface area contributed by atoms with Crippen molar-refractivity contribution in [2.75, 3.05) is 26.4 Å². The summed E-state index contributed by atoms with van der Waals surface area (Å²) in [6.45, 7) is 6.45. The van der Waals surface area contributed by atoms with E-state index >= 15 is 0 Å². The Kier molecular flexibility index (Phi) is 4.09. The molecule has 2 aromatic heterocycles. The molecule has 0 saturated carbocycles. The minimum atomic E-state index is 0.164. The predicted octanol–water partition coefficient (Wildman–Crippen LogP) is 2.12. The number of aromatic nitrogens is 3. The van der Waals surface area contributed by atoms with Crippen LogP contribution in [0.15, 0.2) is 30.9 Å². The Balaban J connectivity index is 2.25. The van der Waals surface area contributed by atoms with Crippen molar-refractivity contribution in [3.05, 3.63) is 30.9 Å².